The number of thiophene rings is 1. The van der Waals surface area contributed by atoms with Gasteiger partial charge in [0, 0.05) is 15.6 Å². The Morgan fingerprint density at radius 1 is 0.973 bits per heavy atom. The van der Waals surface area contributed by atoms with Crippen molar-refractivity contribution in [2.24, 2.45) is 0 Å². The number of carbonyl (C=O) groups is 2. The van der Waals surface area contributed by atoms with Crippen molar-refractivity contribution in [3.05, 3.63) is 111 Å². The molecule has 1 fully saturated rings. The summed E-state index contributed by atoms with van der Waals surface area (Å²) in [5.41, 5.74) is 1.77. The van der Waals surface area contributed by atoms with Crippen LogP contribution in [0.3, 0.4) is 0 Å². The van der Waals surface area contributed by atoms with E-state index < -0.39 is 17.7 Å². The molecule has 6 nitrogen and oxygen atoms in total. The van der Waals surface area contributed by atoms with Crippen LogP contribution in [-0.4, -0.2) is 23.9 Å². The molecule has 1 amide bonds. The van der Waals surface area contributed by atoms with Crippen LogP contribution in [0.25, 0.3) is 5.76 Å². The third-order valence-corrected chi connectivity index (χ3v) is 7.17. The molecule has 0 bridgehead atoms. The van der Waals surface area contributed by atoms with E-state index in [9.17, 15) is 14.7 Å². The van der Waals surface area contributed by atoms with Crippen LogP contribution >= 0.6 is 22.9 Å². The predicted octanol–water partition coefficient (Wildman–Crippen LogP) is 7.14. The number of amides is 1. The monoisotopic (exact) mass is 531 g/mol. The van der Waals surface area contributed by atoms with E-state index in [1.807, 2.05) is 48.7 Å². The van der Waals surface area contributed by atoms with E-state index in [-0.39, 0.29) is 16.9 Å². The number of aliphatic hydroxyl groups excluding tert-OH is 1. The first-order valence-electron chi connectivity index (χ1n) is 11.4. The fraction of sp³-hybridized carbons (Fsp3) is 0.103. The molecule has 1 saturated heterocycles. The number of halogens is 1. The smallest absolute Gasteiger partial charge is 0.300 e. The van der Waals surface area contributed by atoms with Gasteiger partial charge in [0.2, 0.25) is 0 Å². The van der Waals surface area contributed by atoms with Gasteiger partial charge in [0.15, 0.2) is 0 Å². The second-order valence-corrected chi connectivity index (χ2v) is 9.86. The van der Waals surface area contributed by atoms with E-state index in [1.54, 1.807) is 36.4 Å². The fourth-order valence-corrected chi connectivity index (χ4v) is 5.31. The number of benzene rings is 3. The molecule has 0 radical (unpaired) electrons. The number of aliphatic hydroxyl groups is 1. The molecular formula is C29H22ClNO5S. The fourth-order valence-electron chi connectivity index (χ4n) is 4.31. The lowest BCUT2D eigenvalue weighted by Crippen LogP contribution is -2.29. The standard InChI is InChI=1S/C29H22ClNO5S/c1-17-5-3-6-21(15-17)36-20-11-9-19(10-12-20)31-26(24-7-4-14-37-24)25(28(33)29(31)34)27(32)22-16-18(30)8-13-23(22)35-2/h3-16,26,32H,1-2H3/b27-25-. The quantitative estimate of drug-likeness (QED) is 0.163. The Kier molecular flexibility index (Phi) is 6.74. The molecule has 1 aliphatic heterocycles. The van der Waals surface area contributed by atoms with Crippen molar-refractivity contribution in [1.29, 1.82) is 0 Å². The highest BCUT2D eigenvalue weighted by Gasteiger charge is 2.47. The number of nitrogens with zero attached hydrogens (tertiary/aromatic N) is 1. The van der Waals surface area contributed by atoms with Gasteiger partial charge in [0.1, 0.15) is 29.0 Å². The van der Waals surface area contributed by atoms with E-state index in [2.05, 4.69) is 0 Å². The summed E-state index contributed by atoms with van der Waals surface area (Å²) < 4.78 is 11.3. The molecule has 1 aliphatic rings. The van der Waals surface area contributed by atoms with Crippen LogP contribution in [0.5, 0.6) is 17.2 Å². The number of ketones is 1. The Bertz CT molecular complexity index is 1510. The van der Waals surface area contributed by atoms with E-state index in [4.69, 9.17) is 21.1 Å². The number of ether oxygens (including phenoxy) is 2. The Morgan fingerprint density at radius 3 is 2.43 bits per heavy atom. The first-order valence-corrected chi connectivity index (χ1v) is 12.7. The molecule has 1 unspecified atom stereocenters. The molecule has 37 heavy (non-hydrogen) atoms. The lowest BCUT2D eigenvalue weighted by Gasteiger charge is -2.24. The summed E-state index contributed by atoms with van der Waals surface area (Å²) in [5.74, 6) is -0.274. The van der Waals surface area contributed by atoms with E-state index in [0.717, 1.165) is 10.4 Å². The summed E-state index contributed by atoms with van der Waals surface area (Å²) in [5, 5.41) is 13.5. The lowest BCUT2D eigenvalue weighted by atomic mass is 9.99. The van der Waals surface area contributed by atoms with Gasteiger partial charge < -0.3 is 14.6 Å². The highest BCUT2D eigenvalue weighted by atomic mass is 35.5. The zero-order valence-corrected chi connectivity index (χ0v) is 21.5. The van der Waals surface area contributed by atoms with Crippen molar-refractivity contribution in [3.8, 4) is 17.2 Å². The van der Waals surface area contributed by atoms with E-state index >= 15 is 0 Å². The zero-order valence-electron chi connectivity index (χ0n) is 20.0. The minimum Gasteiger partial charge on any atom is -0.507 e. The Morgan fingerprint density at radius 2 is 1.76 bits per heavy atom. The SMILES string of the molecule is COc1ccc(Cl)cc1/C(O)=C1/C(=O)C(=O)N(c2ccc(Oc3cccc(C)c3)cc2)C1c1cccs1. The lowest BCUT2D eigenvalue weighted by molar-refractivity contribution is -0.132. The summed E-state index contributed by atoms with van der Waals surface area (Å²) >= 11 is 7.56. The second-order valence-electron chi connectivity index (χ2n) is 8.44. The predicted molar refractivity (Wildman–Crippen MR) is 145 cm³/mol. The molecule has 0 saturated carbocycles. The van der Waals surface area contributed by atoms with Gasteiger partial charge in [-0.2, -0.15) is 0 Å². The maximum absolute atomic E-state index is 13.3. The molecule has 5 rings (SSSR count). The normalized spacial score (nSPS) is 16.7. The van der Waals surface area contributed by atoms with Gasteiger partial charge in [0.25, 0.3) is 11.7 Å². The summed E-state index contributed by atoms with van der Waals surface area (Å²) in [6.07, 6.45) is 0. The molecule has 8 heteroatoms. The Hall–Kier alpha value is -4.07. The van der Waals surface area contributed by atoms with Crippen molar-refractivity contribution in [2.75, 3.05) is 12.0 Å². The molecule has 186 valence electrons. The van der Waals surface area contributed by atoms with Crippen molar-refractivity contribution >= 4 is 46.1 Å². The number of carbonyl (C=O) groups excluding carboxylic acids is 2. The van der Waals surface area contributed by atoms with E-state index in [1.165, 1.54) is 29.4 Å². The molecule has 4 aromatic rings. The Balaban J connectivity index is 1.57. The van der Waals surface area contributed by atoms with Crippen molar-refractivity contribution in [2.45, 2.75) is 13.0 Å². The maximum atomic E-state index is 13.3. The number of Topliss-reactive ketones (excluding diaryl/α,β-unsaturated/α-hetero) is 1. The van der Waals surface area contributed by atoms with Crippen LogP contribution in [0.2, 0.25) is 5.02 Å². The molecule has 1 aromatic heterocycles. The van der Waals surface area contributed by atoms with Crippen LogP contribution in [0.4, 0.5) is 5.69 Å². The van der Waals surface area contributed by atoms with Crippen molar-refractivity contribution in [1.82, 2.24) is 0 Å². The molecule has 0 aliphatic carbocycles. The number of rotatable bonds is 6. The van der Waals surface area contributed by atoms with Gasteiger partial charge in [-0.05, 0) is 78.5 Å². The molecular weight excluding hydrogens is 510 g/mol. The van der Waals surface area contributed by atoms with Gasteiger partial charge in [-0.15, -0.1) is 11.3 Å². The molecule has 3 aromatic carbocycles. The van der Waals surface area contributed by atoms with E-state index in [0.29, 0.717) is 28.0 Å². The van der Waals surface area contributed by atoms with Gasteiger partial charge in [-0.3, -0.25) is 14.5 Å². The largest absolute Gasteiger partial charge is 0.507 e. The second kappa shape index (κ2) is 10.1. The minimum atomic E-state index is -0.827. The average Bonchev–Trinajstić information content (AvgIpc) is 3.51. The minimum absolute atomic E-state index is 0.0342. The number of anilines is 1. The molecule has 1 atom stereocenters. The summed E-state index contributed by atoms with van der Waals surface area (Å²) in [6, 6.07) is 22.1. The van der Waals surface area contributed by atoms with Crippen LogP contribution in [0, 0.1) is 6.92 Å². The summed E-state index contributed by atoms with van der Waals surface area (Å²) in [4.78, 5) is 28.8. The molecule has 2 heterocycles. The third-order valence-electron chi connectivity index (χ3n) is 6.01. The van der Waals surface area contributed by atoms with Gasteiger partial charge in [-0.25, -0.2) is 0 Å². The van der Waals surface area contributed by atoms with Gasteiger partial charge in [0.05, 0.1) is 18.2 Å². The van der Waals surface area contributed by atoms with Crippen LogP contribution in [-0.2, 0) is 9.59 Å². The van der Waals surface area contributed by atoms with Crippen molar-refractivity contribution < 1.29 is 24.2 Å². The third kappa shape index (κ3) is 4.71. The number of aryl methyl sites for hydroxylation is 1. The van der Waals surface area contributed by atoms with Crippen LogP contribution in [0.1, 0.15) is 22.0 Å². The number of methoxy groups -OCH3 is 1. The van der Waals surface area contributed by atoms with Gasteiger partial charge in [-0.1, -0.05) is 29.8 Å². The topological polar surface area (TPSA) is 76.1 Å². The number of hydrogen-bond acceptors (Lipinski definition) is 6. The summed E-state index contributed by atoms with van der Waals surface area (Å²) in [6.45, 7) is 1.98. The maximum Gasteiger partial charge on any atom is 0.300 e. The molecule has 0 spiro atoms. The first kappa shape index (κ1) is 24.6. The Labute approximate surface area is 223 Å². The molecule has 1 N–H and O–H groups in total. The van der Waals surface area contributed by atoms with Crippen LogP contribution < -0.4 is 14.4 Å². The highest BCUT2D eigenvalue weighted by molar-refractivity contribution is 7.10. The first-order chi connectivity index (χ1) is 17.9. The highest BCUT2D eigenvalue weighted by Crippen LogP contribution is 2.45. The average molecular weight is 532 g/mol. The van der Waals surface area contributed by atoms with Gasteiger partial charge >= 0.3 is 0 Å². The summed E-state index contributed by atoms with van der Waals surface area (Å²) in [7, 11) is 1.45. The zero-order chi connectivity index (χ0) is 26.1. The number of hydrogen-bond donors (Lipinski definition) is 1. The van der Waals surface area contributed by atoms with Crippen LogP contribution in [0.15, 0.2) is 89.8 Å². The van der Waals surface area contributed by atoms with Crippen molar-refractivity contribution in [3.63, 3.8) is 0 Å².